The molecule has 4 aromatic rings. The van der Waals surface area contributed by atoms with Crippen LogP contribution in [0.4, 0.5) is 22.7 Å². The Balaban J connectivity index is 1.58. The number of rotatable bonds is 7. The molecule has 4 aromatic heterocycles. The zero-order valence-corrected chi connectivity index (χ0v) is 17.7. The third kappa shape index (κ3) is 4.20. The van der Waals surface area contributed by atoms with Crippen molar-refractivity contribution in [1.82, 2.24) is 29.5 Å². The van der Waals surface area contributed by atoms with Gasteiger partial charge in [-0.1, -0.05) is 0 Å². The molecular formula is C19H17F4N7OS. The van der Waals surface area contributed by atoms with Crippen LogP contribution in [0.3, 0.4) is 0 Å². The summed E-state index contributed by atoms with van der Waals surface area (Å²) in [7, 11) is 0. The number of amides is 1. The van der Waals surface area contributed by atoms with Gasteiger partial charge in [0.2, 0.25) is 5.91 Å². The molecule has 0 bridgehead atoms. The Kier molecular flexibility index (Phi) is 5.91. The summed E-state index contributed by atoms with van der Waals surface area (Å²) in [5.74, 6) is -0.553. The number of aryl methyl sites for hydroxylation is 2. The molecule has 0 unspecified atom stereocenters. The van der Waals surface area contributed by atoms with Crippen LogP contribution in [0.1, 0.15) is 36.7 Å². The number of halogens is 4. The van der Waals surface area contributed by atoms with Crippen molar-refractivity contribution in [3.05, 3.63) is 40.8 Å². The summed E-state index contributed by atoms with van der Waals surface area (Å²) < 4.78 is 56.0. The molecule has 168 valence electrons. The fourth-order valence-electron chi connectivity index (χ4n) is 3.23. The maximum Gasteiger partial charge on any atom is 0.280 e. The number of pyridine rings is 1. The molecule has 0 atom stereocenters. The highest BCUT2D eigenvalue weighted by atomic mass is 32.1. The molecule has 4 rings (SSSR count). The van der Waals surface area contributed by atoms with Crippen molar-refractivity contribution in [3.8, 4) is 11.3 Å². The monoisotopic (exact) mass is 467 g/mol. The van der Waals surface area contributed by atoms with Crippen LogP contribution >= 0.6 is 11.3 Å². The van der Waals surface area contributed by atoms with Gasteiger partial charge in [-0.05, 0) is 19.9 Å². The second-order valence-electron chi connectivity index (χ2n) is 6.85. The number of carbonyl (C=O) groups is 1. The fraction of sp³-hybridized carbons (Fsp3) is 0.316. The number of anilines is 1. The van der Waals surface area contributed by atoms with Crippen LogP contribution < -0.4 is 5.32 Å². The van der Waals surface area contributed by atoms with Crippen molar-refractivity contribution in [3.63, 3.8) is 0 Å². The summed E-state index contributed by atoms with van der Waals surface area (Å²) in [4.78, 5) is 20.6. The van der Waals surface area contributed by atoms with E-state index in [9.17, 15) is 22.4 Å². The largest absolute Gasteiger partial charge is 0.300 e. The summed E-state index contributed by atoms with van der Waals surface area (Å²) in [6.45, 7) is 3.71. The molecular weight excluding hydrogens is 450 g/mol. The Hall–Kier alpha value is -3.35. The van der Waals surface area contributed by atoms with Gasteiger partial charge in [-0.3, -0.25) is 9.48 Å². The Morgan fingerprint density at radius 1 is 1.22 bits per heavy atom. The van der Waals surface area contributed by atoms with Crippen molar-refractivity contribution >= 4 is 33.4 Å². The second kappa shape index (κ2) is 8.65. The Bertz CT molecular complexity index is 1280. The first-order chi connectivity index (χ1) is 15.3. The van der Waals surface area contributed by atoms with Crippen LogP contribution in [-0.4, -0.2) is 35.4 Å². The van der Waals surface area contributed by atoms with Crippen molar-refractivity contribution in [2.45, 2.75) is 39.8 Å². The van der Waals surface area contributed by atoms with E-state index in [0.29, 0.717) is 23.4 Å². The number of thiazole rings is 1. The number of nitrogens with zero attached hydrogens (tertiary/aromatic N) is 6. The van der Waals surface area contributed by atoms with Crippen LogP contribution in [0.2, 0.25) is 0 Å². The van der Waals surface area contributed by atoms with Crippen molar-refractivity contribution < 1.29 is 22.4 Å². The Labute approximate surface area is 182 Å². The normalized spacial score (nSPS) is 11.8. The van der Waals surface area contributed by atoms with E-state index in [1.807, 2.05) is 13.1 Å². The average Bonchev–Trinajstić information content (AvgIpc) is 3.47. The molecule has 0 aliphatic heterocycles. The summed E-state index contributed by atoms with van der Waals surface area (Å²) in [5.41, 5.74) is 0.00685. The van der Waals surface area contributed by atoms with Gasteiger partial charge in [-0.15, -0.1) is 11.3 Å². The van der Waals surface area contributed by atoms with Crippen LogP contribution in [0.25, 0.3) is 22.3 Å². The van der Waals surface area contributed by atoms with E-state index in [1.165, 1.54) is 18.3 Å². The number of hydrogen-bond donors (Lipinski definition) is 1. The zero-order chi connectivity index (χ0) is 23.0. The minimum Gasteiger partial charge on any atom is -0.300 e. The Morgan fingerprint density at radius 3 is 2.66 bits per heavy atom. The van der Waals surface area contributed by atoms with E-state index in [-0.39, 0.29) is 16.7 Å². The minimum atomic E-state index is -3.04. The van der Waals surface area contributed by atoms with E-state index in [2.05, 4.69) is 25.5 Å². The number of nitrogens with one attached hydrogen (secondary N) is 1. The lowest BCUT2D eigenvalue weighted by Gasteiger charge is -2.08. The van der Waals surface area contributed by atoms with Crippen LogP contribution in [0.5, 0.6) is 0 Å². The quantitative estimate of drug-likeness (QED) is 0.402. The molecule has 0 saturated heterocycles. The molecule has 0 aliphatic rings. The van der Waals surface area contributed by atoms with Gasteiger partial charge in [-0.2, -0.15) is 10.2 Å². The first kappa shape index (κ1) is 21.9. The molecule has 4 heterocycles. The van der Waals surface area contributed by atoms with Crippen LogP contribution in [0, 0.1) is 6.92 Å². The second-order valence-corrected chi connectivity index (χ2v) is 7.71. The molecule has 8 nitrogen and oxygen atoms in total. The van der Waals surface area contributed by atoms with Gasteiger partial charge >= 0.3 is 0 Å². The predicted octanol–water partition coefficient (Wildman–Crippen LogP) is 4.59. The molecule has 0 aliphatic carbocycles. The molecule has 0 spiro atoms. The summed E-state index contributed by atoms with van der Waals surface area (Å²) in [6.07, 6.45) is -2.55. The Morgan fingerprint density at radius 2 is 2.00 bits per heavy atom. The van der Waals surface area contributed by atoms with Gasteiger partial charge in [-0.25, -0.2) is 32.2 Å². The number of alkyl halides is 4. The first-order valence-electron chi connectivity index (χ1n) is 9.49. The van der Waals surface area contributed by atoms with Gasteiger partial charge in [0, 0.05) is 29.2 Å². The van der Waals surface area contributed by atoms with Crippen molar-refractivity contribution in [2.75, 3.05) is 5.32 Å². The standard InChI is InChI=1S/C19H17F4N7OS/c1-3-29-6-10(5-24-29)13-8-32-19(26-13)27-14(31)7-30-18-15(9(2)28-30)11(16(20)21)4-12(25-18)17(22)23/h4-6,8,16-17H,3,7H2,1-2H3,(H,26,27,31). The number of fused-ring (bicyclic) bond motifs is 1. The topological polar surface area (TPSA) is 90.5 Å². The zero-order valence-electron chi connectivity index (χ0n) is 16.9. The fourth-order valence-corrected chi connectivity index (χ4v) is 3.96. The lowest BCUT2D eigenvalue weighted by Crippen LogP contribution is -2.20. The molecule has 1 amide bonds. The summed E-state index contributed by atoms with van der Waals surface area (Å²) in [6, 6.07) is 0.675. The van der Waals surface area contributed by atoms with E-state index < -0.39 is 36.6 Å². The maximum atomic E-state index is 13.4. The molecule has 0 saturated carbocycles. The third-order valence-electron chi connectivity index (χ3n) is 4.68. The number of aromatic nitrogens is 6. The smallest absolute Gasteiger partial charge is 0.280 e. The van der Waals surface area contributed by atoms with Gasteiger partial charge in [0.25, 0.3) is 12.9 Å². The van der Waals surface area contributed by atoms with Gasteiger partial charge in [0.05, 0.1) is 23.0 Å². The molecule has 0 radical (unpaired) electrons. The number of carbonyl (C=O) groups excluding carboxylic acids is 1. The van der Waals surface area contributed by atoms with Crippen LogP contribution in [0.15, 0.2) is 23.8 Å². The highest BCUT2D eigenvalue weighted by Gasteiger charge is 2.24. The van der Waals surface area contributed by atoms with E-state index in [4.69, 9.17) is 0 Å². The maximum absolute atomic E-state index is 13.4. The van der Waals surface area contributed by atoms with Gasteiger partial charge in [0.15, 0.2) is 10.8 Å². The summed E-state index contributed by atoms with van der Waals surface area (Å²) >= 11 is 1.20. The van der Waals surface area contributed by atoms with Crippen LogP contribution in [-0.2, 0) is 17.9 Å². The third-order valence-corrected chi connectivity index (χ3v) is 5.44. The van der Waals surface area contributed by atoms with E-state index >= 15 is 0 Å². The average molecular weight is 467 g/mol. The summed E-state index contributed by atoms with van der Waals surface area (Å²) in [5, 5.41) is 12.9. The predicted molar refractivity (Wildman–Crippen MR) is 110 cm³/mol. The van der Waals surface area contributed by atoms with Crippen molar-refractivity contribution in [2.24, 2.45) is 0 Å². The molecule has 13 heteroatoms. The molecule has 32 heavy (non-hydrogen) atoms. The van der Waals surface area contributed by atoms with Gasteiger partial charge < -0.3 is 5.32 Å². The molecule has 0 fully saturated rings. The minimum absolute atomic E-state index is 0.0401. The SMILES string of the molecule is CCn1cc(-c2csc(NC(=O)Cn3nc(C)c4c(C(F)F)cc(C(F)F)nc43)n2)cn1. The molecule has 0 aromatic carbocycles. The number of hydrogen-bond acceptors (Lipinski definition) is 6. The van der Waals surface area contributed by atoms with E-state index in [1.54, 1.807) is 16.3 Å². The van der Waals surface area contributed by atoms with Crippen molar-refractivity contribution in [1.29, 1.82) is 0 Å². The highest BCUT2D eigenvalue weighted by Crippen LogP contribution is 2.32. The highest BCUT2D eigenvalue weighted by molar-refractivity contribution is 7.14. The molecule has 1 N–H and O–H groups in total. The first-order valence-corrected chi connectivity index (χ1v) is 10.4. The van der Waals surface area contributed by atoms with Gasteiger partial charge in [0.1, 0.15) is 12.2 Å². The van der Waals surface area contributed by atoms with E-state index in [0.717, 1.165) is 10.2 Å². The lowest BCUT2D eigenvalue weighted by atomic mass is 10.1. The lowest BCUT2D eigenvalue weighted by molar-refractivity contribution is -0.116.